The van der Waals surface area contributed by atoms with Crippen LogP contribution >= 0.6 is 0 Å². The molecule has 0 saturated heterocycles. The highest BCUT2D eigenvalue weighted by Gasteiger charge is 2.30. The van der Waals surface area contributed by atoms with Crippen LogP contribution in [0.5, 0.6) is 0 Å². The maximum atomic E-state index is 3.82. The minimum Gasteiger partial charge on any atom is -0.313 e. The fourth-order valence-electron chi connectivity index (χ4n) is 3.21. The lowest BCUT2D eigenvalue weighted by Crippen LogP contribution is -2.35. The molecular formula is C14H27N. The zero-order chi connectivity index (χ0) is 10.7. The Kier molecular flexibility index (Phi) is 4.07. The summed E-state index contributed by atoms with van der Waals surface area (Å²) in [5.74, 6) is 2.98. The summed E-state index contributed by atoms with van der Waals surface area (Å²) < 4.78 is 0. The quantitative estimate of drug-likeness (QED) is 0.729. The van der Waals surface area contributed by atoms with Gasteiger partial charge in [-0.15, -0.1) is 0 Å². The largest absolute Gasteiger partial charge is 0.313 e. The van der Waals surface area contributed by atoms with Gasteiger partial charge in [0.1, 0.15) is 0 Å². The van der Waals surface area contributed by atoms with Crippen LogP contribution in [0.15, 0.2) is 0 Å². The van der Waals surface area contributed by atoms with Crippen LogP contribution in [0.3, 0.4) is 0 Å². The normalized spacial score (nSPS) is 34.0. The molecule has 0 spiro atoms. The topological polar surface area (TPSA) is 12.0 Å². The smallest absolute Gasteiger partial charge is 0.00928 e. The van der Waals surface area contributed by atoms with E-state index >= 15 is 0 Å². The van der Waals surface area contributed by atoms with Crippen LogP contribution in [0.25, 0.3) is 0 Å². The summed E-state index contributed by atoms with van der Waals surface area (Å²) in [4.78, 5) is 0. The third kappa shape index (κ3) is 3.48. The van der Waals surface area contributed by atoms with E-state index in [1.807, 2.05) is 0 Å². The zero-order valence-corrected chi connectivity index (χ0v) is 10.5. The van der Waals surface area contributed by atoms with Crippen LogP contribution < -0.4 is 5.32 Å². The van der Waals surface area contributed by atoms with E-state index < -0.39 is 0 Å². The monoisotopic (exact) mass is 209 g/mol. The highest BCUT2D eigenvalue weighted by Crippen LogP contribution is 2.34. The second-order valence-electron chi connectivity index (χ2n) is 5.90. The van der Waals surface area contributed by atoms with Gasteiger partial charge in [-0.25, -0.2) is 0 Å². The van der Waals surface area contributed by atoms with Crippen LogP contribution in [-0.4, -0.2) is 12.6 Å². The van der Waals surface area contributed by atoms with Gasteiger partial charge in [0.25, 0.3) is 0 Å². The molecule has 1 nitrogen and oxygen atoms in total. The van der Waals surface area contributed by atoms with E-state index in [4.69, 9.17) is 0 Å². The fraction of sp³-hybridized carbons (Fsp3) is 1.00. The van der Waals surface area contributed by atoms with Crippen molar-refractivity contribution < 1.29 is 0 Å². The Balaban J connectivity index is 1.67. The molecule has 0 bridgehead atoms. The van der Waals surface area contributed by atoms with E-state index in [-0.39, 0.29) is 0 Å². The van der Waals surface area contributed by atoms with Crippen LogP contribution in [0.2, 0.25) is 0 Å². The Bertz CT molecular complexity index is 186. The van der Waals surface area contributed by atoms with Crippen molar-refractivity contribution in [1.29, 1.82) is 0 Å². The highest BCUT2D eigenvalue weighted by atomic mass is 14.9. The molecule has 3 atom stereocenters. The van der Waals surface area contributed by atoms with E-state index in [0.717, 1.165) is 23.8 Å². The first-order chi connectivity index (χ1) is 7.29. The van der Waals surface area contributed by atoms with E-state index in [1.165, 1.54) is 51.5 Å². The summed E-state index contributed by atoms with van der Waals surface area (Å²) in [6.07, 6.45) is 10.2. The summed E-state index contributed by atoms with van der Waals surface area (Å²) in [5, 5.41) is 3.82. The van der Waals surface area contributed by atoms with Gasteiger partial charge in [0.2, 0.25) is 0 Å². The molecule has 2 saturated carbocycles. The van der Waals surface area contributed by atoms with Gasteiger partial charge in [-0.3, -0.25) is 0 Å². The summed E-state index contributed by atoms with van der Waals surface area (Å²) in [7, 11) is 0. The molecule has 2 aliphatic rings. The van der Waals surface area contributed by atoms with E-state index in [0.29, 0.717) is 0 Å². The molecular weight excluding hydrogens is 182 g/mol. The second kappa shape index (κ2) is 5.34. The minimum absolute atomic E-state index is 0.835. The molecule has 1 heteroatoms. The predicted octanol–water partition coefficient (Wildman–Crippen LogP) is 3.59. The van der Waals surface area contributed by atoms with Gasteiger partial charge >= 0.3 is 0 Å². The summed E-state index contributed by atoms with van der Waals surface area (Å²) in [6, 6.07) is 0.835. The molecule has 3 unspecified atom stereocenters. The number of rotatable bonds is 5. The SMILES string of the molecule is CCC(NCC1CCCC(C)C1)C1CC1. The Morgan fingerprint density at radius 1 is 1.20 bits per heavy atom. The summed E-state index contributed by atoms with van der Waals surface area (Å²) in [6.45, 7) is 6.04. The van der Waals surface area contributed by atoms with Crippen molar-refractivity contribution in [3.63, 3.8) is 0 Å². The number of hydrogen-bond donors (Lipinski definition) is 1. The average molecular weight is 209 g/mol. The maximum absolute atomic E-state index is 3.82. The lowest BCUT2D eigenvalue weighted by molar-refractivity contribution is 0.261. The van der Waals surface area contributed by atoms with Gasteiger partial charge in [-0.05, 0) is 56.4 Å². The van der Waals surface area contributed by atoms with Gasteiger partial charge in [-0.2, -0.15) is 0 Å². The van der Waals surface area contributed by atoms with Gasteiger partial charge < -0.3 is 5.32 Å². The van der Waals surface area contributed by atoms with Crippen molar-refractivity contribution in [2.75, 3.05) is 6.54 Å². The highest BCUT2D eigenvalue weighted by molar-refractivity contribution is 4.86. The predicted molar refractivity (Wildman–Crippen MR) is 65.9 cm³/mol. The molecule has 15 heavy (non-hydrogen) atoms. The number of nitrogens with one attached hydrogen (secondary N) is 1. The first-order valence-electron chi connectivity index (χ1n) is 7.03. The van der Waals surface area contributed by atoms with Crippen molar-refractivity contribution >= 4 is 0 Å². The van der Waals surface area contributed by atoms with Gasteiger partial charge in [0, 0.05) is 6.04 Å². The second-order valence-corrected chi connectivity index (χ2v) is 5.90. The molecule has 0 aromatic carbocycles. The lowest BCUT2D eigenvalue weighted by atomic mass is 9.82. The molecule has 88 valence electrons. The molecule has 0 aliphatic heterocycles. The van der Waals surface area contributed by atoms with Crippen LogP contribution in [0, 0.1) is 17.8 Å². The molecule has 0 radical (unpaired) electrons. The fourth-order valence-corrected chi connectivity index (χ4v) is 3.21. The number of hydrogen-bond acceptors (Lipinski definition) is 1. The average Bonchev–Trinajstić information content (AvgIpc) is 3.03. The van der Waals surface area contributed by atoms with E-state index in [1.54, 1.807) is 0 Å². The minimum atomic E-state index is 0.835. The van der Waals surface area contributed by atoms with Crippen LogP contribution in [0.1, 0.15) is 58.8 Å². The van der Waals surface area contributed by atoms with Crippen molar-refractivity contribution in [1.82, 2.24) is 5.32 Å². The lowest BCUT2D eigenvalue weighted by Gasteiger charge is -2.28. The Labute approximate surface area is 95.0 Å². The maximum Gasteiger partial charge on any atom is 0.00928 e. The first-order valence-corrected chi connectivity index (χ1v) is 7.03. The molecule has 2 aliphatic carbocycles. The van der Waals surface area contributed by atoms with Gasteiger partial charge in [-0.1, -0.05) is 26.7 Å². The third-order valence-corrected chi connectivity index (χ3v) is 4.34. The Morgan fingerprint density at radius 3 is 2.60 bits per heavy atom. The van der Waals surface area contributed by atoms with Gasteiger partial charge in [0.05, 0.1) is 0 Å². The Hall–Kier alpha value is -0.0400. The molecule has 0 aromatic rings. The summed E-state index contributed by atoms with van der Waals surface area (Å²) >= 11 is 0. The summed E-state index contributed by atoms with van der Waals surface area (Å²) in [5.41, 5.74) is 0. The molecule has 1 N–H and O–H groups in total. The molecule has 2 rings (SSSR count). The van der Waals surface area contributed by atoms with Crippen molar-refractivity contribution in [2.24, 2.45) is 17.8 Å². The zero-order valence-electron chi connectivity index (χ0n) is 10.5. The molecule has 0 aromatic heterocycles. The van der Waals surface area contributed by atoms with Crippen molar-refractivity contribution in [3.05, 3.63) is 0 Å². The molecule has 0 amide bonds. The first kappa shape index (κ1) is 11.4. The van der Waals surface area contributed by atoms with Gasteiger partial charge in [0.15, 0.2) is 0 Å². The molecule has 2 fully saturated rings. The van der Waals surface area contributed by atoms with Crippen molar-refractivity contribution in [2.45, 2.75) is 64.8 Å². The van der Waals surface area contributed by atoms with Crippen molar-refractivity contribution in [3.8, 4) is 0 Å². The Morgan fingerprint density at radius 2 is 2.00 bits per heavy atom. The van der Waals surface area contributed by atoms with E-state index in [9.17, 15) is 0 Å². The van der Waals surface area contributed by atoms with E-state index in [2.05, 4.69) is 19.2 Å². The molecule has 0 heterocycles. The van der Waals surface area contributed by atoms with Crippen LogP contribution in [-0.2, 0) is 0 Å². The standard InChI is InChI=1S/C14H27N/c1-3-14(13-7-8-13)15-10-12-6-4-5-11(2)9-12/h11-15H,3-10H2,1-2H3. The third-order valence-electron chi connectivity index (χ3n) is 4.34. The van der Waals surface area contributed by atoms with Crippen LogP contribution in [0.4, 0.5) is 0 Å².